The molecule has 0 unspecified atom stereocenters. The molecule has 6 nitrogen and oxygen atoms in total. The van der Waals surface area contributed by atoms with Crippen LogP contribution in [0.1, 0.15) is 50.4 Å². The van der Waals surface area contributed by atoms with Crippen LogP contribution in [0.2, 0.25) is 10.0 Å². The Morgan fingerprint density at radius 3 is 2.72 bits per heavy atom. The van der Waals surface area contributed by atoms with E-state index in [1.54, 1.807) is 6.07 Å². The number of hydrogen-bond acceptors (Lipinski definition) is 5. The Morgan fingerprint density at radius 2 is 2.08 bits per heavy atom. The lowest BCUT2D eigenvalue weighted by Crippen LogP contribution is -2.23. The topological polar surface area (TPSA) is 72.7 Å². The molecule has 132 valence electrons. The van der Waals surface area contributed by atoms with Gasteiger partial charge in [0, 0.05) is 18.2 Å². The fourth-order valence-electron chi connectivity index (χ4n) is 2.60. The zero-order chi connectivity index (χ0) is 17.6. The Hall–Kier alpha value is -1.31. The van der Waals surface area contributed by atoms with Crippen molar-refractivity contribution in [3.05, 3.63) is 28.1 Å². The number of carbonyl (C=O) groups is 1. The first-order valence-electron chi connectivity index (χ1n) is 8.26. The lowest BCUT2D eigenvalue weighted by Gasteiger charge is -2.13. The number of carbonyl (C=O) groups excluding carboxylic acids is 1. The molecule has 4 rings (SSSR count). The van der Waals surface area contributed by atoms with E-state index in [0.717, 1.165) is 23.8 Å². The predicted molar refractivity (Wildman–Crippen MR) is 98.5 cm³/mol. The summed E-state index contributed by atoms with van der Waals surface area (Å²) in [6.45, 7) is 1.84. The molecular formula is C16H17Cl2N5OS. The molecule has 2 saturated carbocycles. The number of nitrogens with zero attached hydrogens (tertiary/aromatic N) is 4. The second-order valence-corrected chi connectivity index (χ2v) is 8.60. The van der Waals surface area contributed by atoms with Crippen molar-refractivity contribution in [1.29, 1.82) is 0 Å². The summed E-state index contributed by atoms with van der Waals surface area (Å²) in [5.74, 6) is 1.76. The van der Waals surface area contributed by atoms with Crippen LogP contribution in [0.5, 0.6) is 0 Å². The summed E-state index contributed by atoms with van der Waals surface area (Å²) in [4.78, 5) is 16.5. The lowest BCUT2D eigenvalue weighted by molar-refractivity contribution is -0.115. The number of rotatable bonds is 6. The number of anilines is 1. The fraction of sp³-hybridized carbons (Fsp3) is 0.500. The summed E-state index contributed by atoms with van der Waals surface area (Å²) >= 11 is 13.3. The molecule has 9 heteroatoms. The van der Waals surface area contributed by atoms with E-state index in [1.165, 1.54) is 30.8 Å². The minimum Gasteiger partial charge on any atom is -0.308 e. The number of thioether (sulfide) groups is 1. The number of hydrogen-bond donors (Lipinski definition) is 1. The van der Waals surface area contributed by atoms with Crippen LogP contribution in [0, 0.1) is 0 Å². The van der Waals surface area contributed by atoms with Gasteiger partial charge < -0.3 is 9.88 Å². The maximum atomic E-state index is 12.5. The molecule has 0 aromatic carbocycles. The predicted octanol–water partition coefficient (Wildman–Crippen LogP) is 4.31. The highest BCUT2D eigenvalue weighted by Crippen LogP contribution is 2.46. The van der Waals surface area contributed by atoms with Crippen molar-refractivity contribution in [3.63, 3.8) is 0 Å². The Balaban J connectivity index is 1.46. The molecule has 2 aliphatic rings. The Kier molecular flexibility index (Phi) is 4.64. The molecule has 2 aliphatic carbocycles. The summed E-state index contributed by atoms with van der Waals surface area (Å²) in [7, 11) is 0. The second kappa shape index (κ2) is 6.78. The van der Waals surface area contributed by atoms with E-state index in [1.807, 2.05) is 6.92 Å². The molecule has 0 bridgehead atoms. The summed E-state index contributed by atoms with van der Waals surface area (Å²) in [6.07, 6.45) is 6.15. The van der Waals surface area contributed by atoms with Crippen LogP contribution in [0.15, 0.2) is 17.4 Å². The van der Waals surface area contributed by atoms with E-state index in [2.05, 4.69) is 25.1 Å². The number of aromatic nitrogens is 4. The average Bonchev–Trinajstić information content (AvgIpc) is 3.49. The van der Waals surface area contributed by atoms with Crippen LogP contribution in [0.4, 0.5) is 5.82 Å². The standard InChI is InChI=1S/C16H17Cl2N5OS/c1-8(15(24)20-13-12(18)6-10(17)7-19-13)25-16-22-21-14(9-2-3-9)23(16)11-4-5-11/h6-9,11H,2-5H2,1H3,(H,19,20,24)/t8-/m1/s1. The van der Waals surface area contributed by atoms with Gasteiger partial charge in [0.15, 0.2) is 11.0 Å². The molecule has 2 heterocycles. The average molecular weight is 398 g/mol. The largest absolute Gasteiger partial charge is 0.308 e. The third-order valence-corrected chi connectivity index (χ3v) is 5.80. The monoisotopic (exact) mass is 397 g/mol. The van der Waals surface area contributed by atoms with Gasteiger partial charge in [-0.3, -0.25) is 4.79 Å². The quantitative estimate of drug-likeness (QED) is 0.734. The second-order valence-electron chi connectivity index (χ2n) is 6.45. The van der Waals surface area contributed by atoms with Gasteiger partial charge in [0.1, 0.15) is 5.82 Å². The van der Waals surface area contributed by atoms with Crippen molar-refractivity contribution in [2.24, 2.45) is 0 Å². The van der Waals surface area contributed by atoms with Crippen LogP contribution in [-0.2, 0) is 4.79 Å². The van der Waals surface area contributed by atoms with Gasteiger partial charge in [-0.05, 0) is 38.7 Å². The van der Waals surface area contributed by atoms with Crippen LogP contribution in [0.3, 0.4) is 0 Å². The minimum absolute atomic E-state index is 0.181. The van der Waals surface area contributed by atoms with Gasteiger partial charge in [-0.15, -0.1) is 10.2 Å². The molecule has 25 heavy (non-hydrogen) atoms. The first-order chi connectivity index (χ1) is 12.0. The maximum Gasteiger partial charge on any atom is 0.238 e. The summed E-state index contributed by atoms with van der Waals surface area (Å²) in [5, 5.41) is 12.7. The SMILES string of the molecule is C[C@@H](Sc1nnc(C2CC2)n1C1CC1)C(=O)Nc1ncc(Cl)cc1Cl. The van der Waals surface area contributed by atoms with Gasteiger partial charge in [0.25, 0.3) is 0 Å². The van der Waals surface area contributed by atoms with E-state index in [0.29, 0.717) is 27.8 Å². The lowest BCUT2D eigenvalue weighted by atomic mass is 10.4. The molecule has 2 fully saturated rings. The fourth-order valence-corrected chi connectivity index (χ4v) is 3.95. The number of amides is 1. The number of pyridine rings is 1. The zero-order valence-electron chi connectivity index (χ0n) is 13.6. The number of halogens is 2. The molecule has 0 saturated heterocycles. The van der Waals surface area contributed by atoms with Crippen molar-refractivity contribution < 1.29 is 4.79 Å². The number of nitrogens with one attached hydrogen (secondary N) is 1. The van der Waals surface area contributed by atoms with Gasteiger partial charge in [0.2, 0.25) is 5.91 Å². The molecule has 0 aliphatic heterocycles. The van der Waals surface area contributed by atoms with Gasteiger partial charge in [-0.2, -0.15) is 0 Å². The molecule has 2 aromatic rings. The van der Waals surface area contributed by atoms with Gasteiger partial charge >= 0.3 is 0 Å². The summed E-state index contributed by atoms with van der Waals surface area (Å²) < 4.78 is 2.24. The zero-order valence-corrected chi connectivity index (χ0v) is 15.9. The maximum absolute atomic E-state index is 12.5. The highest BCUT2D eigenvalue weighted by atomic mass is 35.5. The molecule has 1 N–H and O–H groups in total. The van der Waals surface area contributed by atoms with Gasteiger partial charge in [0.05, 0.1) is 15.3 Å². The van der Waals surface area contributed by atoms with Crippen LogP contribution >= 0.6 is 35.0 Å². The Morgan fingerprint density at radius 1 is 1.32 bits per heavy atom. The first-order valence-corrected chi connectivity index (χ1v) is 9.90. The highest BCUT2D eigenvalue weighted by Gasteiger charge is 2.37. The van der Waals surface area contributed by atoms with E-state index in [-0.39, 0.29) is 11.2 Å². The van der Waals surface area contributed by atoms with Gasteiger partial charge in [-0.1, -0.05) is 35.0 Å². The summed E-state index contributed by atoms with van der Waals surface area (Å²) in [6, 6.07) is 2.05. The van der Waals surface area contributed by atoms with E-state index < -0.39 is 0 Å². The Bertz CT molecular complexity index is 819. The molecule has 0 radical (unpaired) electrons. The van der Waals surface area contributed by atoms with Crippen molar-refractivity contribution in [3.8, 4) is 0 Å². The molecule has 1 atom stereocenters. The molecular weight excluding hydrogens is 381 g/mol. The molecule has 1 amide bonds. The van der Waals surface area contributed by atoms with Crippen molar-refractivity contribution in [1.82, 2.24) is 19.7 Å². The van der Waals surface area contributed by atoms with Crippen molar-refractivity contribution in [2.45, 2.75) is 55.0 Å². The third kappa shape index (κ3) is 3.78. The van der Waals surface area contributed by atoms with E-state index in [4.69, 9.17) is 23.2 Å². The third-order valence-electron chi connectivity index (χ3n) is 4.25. The van der Waals surface area contributed by atoms with Crippen LogP contribution < -0.4 is 5.32 Å². The van der Waals surface area contributed by atoms with Gasteiger partial charge in [-0.25, -0.2) is 4.98 Å². The van der Waals surface area contributed by atoms with Crippen LogP contribution in [-0.4, -0.2) is 30.9 Å². The summed E-state index contributed by atoms with van der Waals surface area (Å²) in [5.41, 5.74) is 0. The van der Waals surface area contributed by atoms with Crippen molar-refractivity contribution in [2.75, 3.05) is 5.32 Å². The molecule has 2 aromatic heterocycles. The highest BCUT2D eigenvalue weighted by molar-refractivity contribution is 8.00. The molecule has 0 spiro atoms. The van der Waals surface area contributed by atoms with E-state index >= 15 is 0 Å². The smallest absolute Gasteiger partial charge is 0.238 e. The normalized spacial score (nSPS) is 18.2. The Labute approximate surface area is 159 Å². The van der Waals surface area contributed by atoms with E-state index in [9.17, 15) is 4.79 Å². The van der Waals surface area contributed by atoms with Crippen LogP contribution in [0.25, 0.3) is 0 Å². The van der Waals surface area contributed by atoms with Crippen molar-refractivity contribution >= 4 is 46.7 Å². The first kappa shape index (κ1) is 17.1. The minimum atomic E-state index is -0.345.